The third-order valence-corrected chi connectivity index (χ3v) is 8.11. The smallest absolute Gasteiger partial charge is 0.119 e. The van der Waals surface area contributed by atoms with E-state index in [1.807, 2.05) is 25.1 Å². The van der Waals surface area contributed by atoms with Gasteiger partial charge in [0.1, 0.15) is 23.4 Å². The summed E-state index contributed by atoms with van der Waals surface area (Å²) in [6.07, 6.45) is 1.69. The summed E-state index contributed by atoms with van der Waals surface area (Å²) in [5, 5.41) is 10.1. The molecule has 3 aromatic carbocycles. The average molecular weight is 520 g/mol. The van der Waals surface area contributed by atoms with Crippen molar-refractivity contribution in [2.75, 3.05) is 38.7 Å². The van der Waals surface area contributed by atoms with Crippen LogP contribution in [0.15, 0.2) is 65.6 Å². The summed E-state index contributed by atoms with van der Waals surface area (Å²) in [5.74, 6) is 2.84. The van der Waals surface area contributed by atoms with Gasteiger partial charge in [0, 0.05) is 30.3 Å². The number of thioether (sulfide) groups is 1. The van der Waals surface area contributed by atoms with E-state index < -0.39 is 0 Å². The monoisotopic (exact) mass is 519 g/mol. The van der Waals surface area contributed by atoms with Gasteiger partial charge >= 0.3 is 0 Å². The molecule has 194 valence electrons. The van der Waals surface area contributed by atoms with E-state index >= 15 is 0 Å². The number of halogens is 1. The highest BCUT2D eigenvalue weighted by Gasteiger charge is 2.25. The van der Waals surface area contributed by atoms with Gasteiger partial charge < -0.3 is 14.6 Å². The van der Waals surface area contributed by atoms with Crippen molar-refractivity contribution in [3.05, 3.63) is 82.9 Å². The van der Waals surface area contributed by atoms with Gasteiger partial charge in [-0.05, 0) is 103 Å². The first-order valence-electron chi connectivity index (χ1n) is 13.0. The summed E-state index contributed by atoms with van der Waals surface area (Å²) in [6.45, 7) is 7.11. The molecule has 37 heavy (non-hydrogen) atoms. The van der Waals surface area contributed by atoms with Gasteiger partial charge in [-0.1, -0.05) is 18.2 Å². The van der Waals surface area contributed by atoms with Crippen LogP contribution in [-0.2, 0) is 0 Å². The lowest BCUT2D eigenvalue weighted by Crippen LogP contribution is -2.26. The van der Waals surface area contributed by atoms with Crippen LogP contribution in [0.1, 0.15) is 42.0 Å². The number of fused-ring (bicyclic) bond motifs is 1. The summed E-state index contributed by atoms with van der Waals surface area (Å²) < 4.78 is 24.5. The van der Waals surface area contributed by atoms with Crippen LogP contribution in [-0.4, -0.2) is 54.8 Å². The largest absolute Gasteiger partial charge is 0.508 e. The maximum Gasteiger partial charge on any atom is 0.119 e. The van der Waals surface area contributed by atoms with Crippen LogP contribution in [0.25, 0.3) is 11.1 Å². The lowest BCUT2D eigenvalue weighted by molar-refractivity contribution is 0.198. The number of hydrogen-bond donors (Lipinski definition) is 1. The molecule has 0 amide bonds. The highest BCUT2D eigenvalue weighted by molar-refractivity contribution is 7.99. The van der Waals surface area contributed by atoms with Crippen molar-refractivity contribution in [2.24, 2.45) is 0 Å². The Bertz CT molecular complexity index is 1270. The molecule has 1 saturated heterocycles. The van der Waals surface area contributed by atoms with E-state index in [1.54, 1.807) is 17.8 Å². The van der Waals surface area contributed by atoms with Crippen LogP contribution in [0.4, 0.5) is 4.39 Å². The second-order valence-electron chi connectivity index (χ2n) is 9.63. The van der Waals surface area contributed by atoms with Crippen LogP contribution >= 0.6 is 11.8 Å². The third-order valence-electron chi connectivity index (χ3n) is 7.03. The molecule has 0 aliphatic carbocycles. The molecule has 0 aromatic heterocycles. The molecular formula is C31H34FNO3S. The average Bonchev–Trinajstić information content (AvgIpc) is 3.35. The fourth-order valence-electron chi connectivity index (χ4n) is 5.27. The summed E-state index contributed by atoms with van der Waals surface area (Å²) in [5.41, 5.74) is 7.11. The van der Waals surface area contributed by atoms with Crippen molar-refractivity contribution in [3.8, 4) is 17.2 Å². The summed E-state index contributed by atoms with van der Waals surface area (Å²) in [7, 11) is 0. The number of likely N-dealkylation sites (tertiary alicyclic amines) is 1. The van der Waals surface area contributed by atoms with Gasteiger partial charge in [0.15, 0.2) is 0 Å². The summed E-state index contributed by atoms with van der Waals surface area (Å²) in [6, 6.07) is 20.3. The lowest BCUT2D eigenvalue weighted by Gasteiger charge is -2.25. The molecule has 0 spiro atoms. The number of hydrogen-bond acceptors (Lipinski definition) is 5. The Morgan fingerprint density at radius 2 is 1.81 bits per heavy atom. The van der Waals surface area contributed by atoms with Gasteiger partial charge in [-0.2, -0.15) is 0 Å². The van der Waals surface area contributed by atoms with Crippen LogP contribution in [0.2, 0.25) is 0 Å². The molecule has 0 bridgehead atoms. The first kappa shape index (κ1) is 25.7. The second-order valence-corrected chi connectivity index (χ2v) is 10.6. The zero-order valence-corrected chi connectivity index (χ0v) is 22.3. The van der Waals surface area contributed by atoms with Crippen molar-refractivity contribution < 1.29 is 19.0 Å². The van der Waals surface area contributed by atoms with Crippen LogP contribution < -0.4 is 9.47 Å². The van der Waals surface area contributed by atoms with E-state index in [4.69, 9.17) is 9.47 Å². The first-order valence-corrected chi connectivity index (χ1v) is 14.0. The number of aryl methyl sites for hydroxylation is 1. The fourth-order valence-corrected chi connectivity index (χ4v) is 6.40. The fraction of sp³-hybridized carbons (Fsp3) is 0.355. The number of alkyl halides is 1. The molecule has 2 heterocycles. The normalized spacial score (nSPS) is 17.6. The molecule has 0 radical (unpaired) electrons. The predicted octanol–water partition coefficient (Wildman–Crippen LogP) is 6.98. The minimum absolute atomic E-state index is 0.140. The van der Waals surface area contributed by atoms with Crippen molar-refractivity contribution in [3.63, 3.8) is 0 Å². The Morgan fingerprint density at radius 3 is 2.57 bits per heavy atom. The quantitative estimate of drug-likeness (QED) is 0.330. The maximum absolute atomic E-state index is 12.5. The molecule has 3 aromatic rings. The lowest BCUT2D eigenvalue weighted by atomic mass is 9.88. The van der Waals surface area contributed by atoms with Gasteiger partial charge in [-0.3, -0.25) is 9.29 Å². The number of rotatable bonds is 9. The standard InChI is InChI=1S/C31H34FNO3S/c1-3-35-25-10-12-27(21(2)17-25)29-20-37-30-18-23(34)7-11-28(30)31(29)22-5-8-24(9-6-22)36-26-13-16-33(19-26)15-4-14-32/h5-12,17-18,26,34H,3-4,13-16,19-20H2,1-2H3/t26-/m0/s1. The van der Waals surface area contributed by atoms with E-state index in [-0.39, 0.29) is 18.5 Å². The predicted molar refractivity (Wildman–Crippen MR) is 150 cm³/mol. The Kier molecular flexibility index (Phi) is 8.06. The van der Waals surface area contributed by atoms with Gasteiger partial charge in [-0.25, -0.2) is 0 Å². The van der Waals surface area contributed by atoms with Crippen LogP contribution in [0.5, 0.6) is 17.2 Å². The number of phenols is 1. The minimum Gasteiger partial charge on any atom is -0.508 e. The van der Waals surface area contributed by atoms with Gasteiger partial charge in [0.05, 0.1) is 13.3 Å². The molecule has 6 heteroatoms. The van der Waals surface area contributed by atoms with Crippen LogP contribution in [0.3, 0.4) is 0 Å². The van der Waals surface area contributed by atoms with E-state index in [9.17, 15) is 9.50 Å². The van der Waals surface area contributed by atoms with E-state index in [0.717, 1.165) is 59.3 Å². The highest BCUT2D eigenvalue weighted by atomic mass is 32.2. The Labute approximate surface area is 223 Å². The van der Waals surface area contributed by atoms with Gasteiger partial charge in [-0.15, -0.1) is 11.8 Å². The van der Waals surface area contributed by atoms with Gasteiger partial charge in [0.25, 0.3) is 0 Å². The van der Waals surface area contributed by atoms with Crippen molar-refractivity contribution in [1.29, 1.82) is 0 Å². The summed E-state index contributed by atoms with van der Waals surface area (Å²) >= 11 is 1.76. The Hall–Kier alpha value is -2.96. The van der Waals surface area contributed by atoms with Crippen LogP contribution in [0, 0.1) is 6.92 Å². The first-order chi connectivity index (χ1) is 18.1. The number of aromatic hydroxyl groups is 1. The molecule has 0 saturated carbocycles. The number of nitrogens with zero attached hydrogens (tertiary/aromatic N) is 1. The third kappa shape index (κ3) is 5.81. The van der Waals surface area contributed by atoms with E-state index in [1.165, 1.54) is 22.3 Å². The molecule has 0 unspecified atom stereocenters. The highest BCUT2D eigenvalue weighted by Crippen LogP contribution is 2.46. The Morgan fingerprint density at radius 1 is 1.03 bits per heavy atom. The second kappa shape index (κ2) is 11.6. The SMILES string of the molecule is CCOc1ccc(C2=C(c3ccc(O[C@H]4CCN(CCCF)C4)cc3)c3ccc(O)cc3SC2)c(C)c1. The van der Waals surface area contributed by atoms with Crippen molar-refractivity contribution in [2.45, 2.75) is 37.7 Å². The number of benzene rings is 3. The zero-order valence-electron chi connectivity index (χ0n) is 21.5. The van der Waals surface area contributed by atoms with Gasteiger partial charge in [0.2, 0.25) is 0 Å². The molecule has 2 aliphatic heterocycles. The van der Waals surface area contributed by atoms with E-state index in [2.05, 4.69) is 48.2 Å². The molecule has 4 nitrogen and oxygen atoms in total. The molecule has 5 rings (SSSR count). The van der Waals surface area contributed by atoms with E-state index in [0.29, 0.717) is 13.0 Å². The maximum atomic E-state index is 12.5. The number of ether oxygens (including phenoxy) is 2. The molecule has 1 fully saturated rings. The molecule has 1 atom stereocenters. The number of phenolic OH excluding ortho intramolecular Hbond substituents is 1. The molecule has 2 aliphatic rings. The molecular weight excluding hydrogens is 485 g/mol. The van der Waals surface area contributed by atoms with Crippen molar-refractivity contribution in [1.82, 2.24) is 4.90 Å². The minimum atomic E-state index is -0.265. The molecule has 1 N–H and O–H groups in total. The summed E-state index contributed by atoms with van der Waals surface area (Å²) in [4.78, 5) is 3.36. The van der Waals surface area contributed by atoms with Crippen molar-refractivity contribution >= 4 is 22.9 Å². The topological polar surface area (TPSA) is 41.9 Å². The Balaban J connectivity index is 1.46. The zero-order chi connectivity index (χ0) is 25.8.